The average Bonchev–Trinajstić information content (AvgIpc) is 2.69. The van der Waals surface area contributed by atoms with Gasteiger partial charge in [0, 0.05) is 19.2 Å². The highest BCUT2D eigenvalue weighted by molar-refractivity contribution is 7.89. The first-order valence-electron chi connectivity index (χ1n) is 5.52. The van der Waals surface area contributed by atoms with E-state index in [-0.39, 0.29) is 23.3 Å². The van der Waals surface area contributed by atoms with Crippen molar-refractivity contribution in [1.82, 2.24) is 4.31 Å². The van der Waals surface area contributed by atoms with Crippen molar-refractivity contribution < 1.29 is 17.9 Å². The van der Waals surface area contributed by atoms with Gasteiger partial charge in [-0.3, -0.25) is 0 Å². The lowest BCUT2D eigenvalue weighted by Gasteiger charge is -2.22. The molecule has 0 amide bonds. The van der Waals surface area contributed by atoms with Crippen molar-refractivity contribution in [3.63, 3.8) is 0 Å². The van der Waals surface area contributed by atoms with E-state index in [0.29, 0.717) is 5.76 Å². The molecule has 1 N–H and O–H groups in total. The molecule has 1 unspecified atom stereocenters. The Bertz CT molecular complexity index is 478. The van der Waals surface area contributed by atoms with E-state index in [2.05, 4.69) is 0 Å². The lowest BCUT2D eigenvalue weighted by atomic mass is 10.3. The average molecular weight is 261 g/mol. The summed E-state index contributed by atoms with van der Waals surface area (Å²) in [5.74, 6) is 0.572. The maximum atomic E-state index is 12.3. The minimum Gasteiger partial charge on any atom is -0.462 e. The van der Waals surface area contributed by atoms with Crippen LogP contribution in [-0.4, -0.2) is 30.9 Å². The molecule has 0 bridgehead atoms. The molecule has 1 rings (SSSR count). The molecule has 1 aromatic rings. The number of hydrogen-bond acceptors (Lipinski definition) is 4. The normalized spacial score (nSPS) is 14.2. The van der Waals surface area contributed by atoms with Gasteiger partial charge in [-0.25, -0.2) is 8.42 Å². The second kappa shape index (κ2) is 5.20. The monoisotopic (exact) mass is 261 g/mol. The van der Waals surface area contributed by atoms with Crippen LogP contribution in [0.25, 0.3) is 0 Å². The lowest BCUT2D eigenvalue weighted by molar-refractivity contribution is 0.244. The quantitative estimate of drug-likeness (QED) is 0.872. The number of nitrogens with zero attached hydrogens (tertiary/aromatic N) is 1. The Balaban J connectivity index is 3.17. The zero-order valence-electron chi connectivity index (χ0n) is 10.6. The fourth-order valence-electron chi connectivity index (χ4n) is 1.51. The fraction of sp³-hybridized carbons (Fsp3) is 0.636. The van der Waals surface area contributed by atoms with Gasteiger partial charge in [-0.2, -0.15) is 4.31 Å². The Morgan fingerprint density at radius 3 is 2.53 bits per heavy atom. The van der Waals surface area contributed by atoms with Crippen molar-refractivity contribution >= 4 is 10.0 Å². The molecule has 6 heteroatoms. The van der Waals surface area contributed by atoms with Crippen molar-refractivity contribution in [1.29, 1.82) is 0 Å². The van der Waals surface area contributed by atoms with Crippen molar-refractivity contribution in [2.75, 3.05) is 7.05 Å². The second-order valence-corrected chi connectivity index (χ2v) is 6.04. The summed E-state index contributed by atoms with van der Waals surface area (Å²) in [6.45, 7) is 5.05. The van der Waals surface area contributed by atoms with Crippen molar-refractivity contribution in [3.05, 3.63) is 17.6 Å². The summed E-state index contributed by atoms with van der Waals surface area (Å²) in [6, 6.07) is 1.30. The van der Waals surface area contributed by atoms with E-state index in [1.165, 1.54) is 10.4 Å². The number of hydrogen-bond donors (Lipinski definition) is 1. The van der Waals surface area contributed by atoms with Crippen LogP contribution in [0.3, 0.4) is 0 Å². The van der Waals surface area contributed by atoms with E-state index in [4.69, 9.17) is 9.52 Å². The van der Waals surface area contributed by atoms with Gasteiger partial charge >= 0.3 is 0 Å². The highest BCUT2D eigenvalue weighted by Crippen LogP contribution is 2.24. The standard InChI is InChI=1S/C11H19NO4S/c1-5-8(2)12(4)17(14,15)11-6-10(7-13)16-9(11)3/h6,8,13H,5,7H2,1-4H3. The van der Waals surface area contributed by atoms with Crippen molar-refractivity contribution in [2.24, 2.45) is 0 Å². The molecule has 0 saturated heterocycles. The molecule has 1 aromatic heterocycles. The first-order valence-corrected chi connectivity index (χ1v) is 6.96. The molecule has 0 aromatic carbocycles. The third-order valence-electron chi connectivity index (χ3n) is 2.95. The van der Waals surface area contributed by atoms with Crippen LogP contribution in [0.2, 0.25) is 0 Å². The van der Waals surface area contributed by atoms with E-state index in [9.17, 15) is 8.42 Å². The molecule has 98 valence electrons. The van der Waals surface area contributed by atoms with Gasteiger partial charge in [-0.1, -0.05) is 6.92 Å². The Morgan fingerprint density at radius 2 is 2.12 bits per heavy atom. The summed E-state index contributed by atoms with van der Waals surface area (Å²) < 4.78 is 31.0. The fourth-order valence-corrected chi connectivity index (χ4v) is 3.13. The summed E-state index contributed by atoms with van der Waals surface area (Å²) in [4.78, 5) is 0.129. The molecule has 0 saturated carbocycles. The van der Waals surface area contributed by atoms with Crippen LogP contribution in [0.5, 0.6) is 0 Å². The van der Waals surface area contributed by atoms with E-state index < -0.39 is 10.0 Å². The summed E-state index contributed by atoms with van der Waals surface area (Å²) in [7, 11) is -1.99. The van der Waals surface area contributed by atoms with Gasteiger partial charge in [-0.05, 0) is 20.3 Å². The molecule has 1 heterocycles. The smallest absolute Gasteiger partial charge is 0.246 e. The molecule has 0 spiro atoms. The molecular weight excluding hydrogens is 242 g/mol. The van der Waals surface area contributed by atoms with Gasteiger partial charge in [0.15, 0.2) is 0 Å². The highest BCUT2D eigenvalue weighted by atomic mass is 32.2. The predicted molar refractivity (Wildman–Crippen MR) is 64.1 cm³/mol. The van der Waals surface area contributed by atoms with E-state index in [1.807, 2.05) is 13.8 Å². The van der Waals surface area contributed by atoms with Crippen LogP contribution in [0.4, 0.5) is 0 Å². The second-order valence-electron chi connectivity index (χ2n) is 4.07. The minimum absolute atomic E-state index is 0.0770. The maximum absolute atomic E-state index is 12.3. The third kappa shape index (κ3) is 2.70. The summed E-state index contributed by atoms with van der Waals surface area (Å²) in [5.41, 5.74) is 0. The van der Waals surface area contributed by atoms with Crippen LogP contribution in [-0.2, 0) is 16.6 Å². The summed E-state index contributed by atoms with van der Waals surface area (Å²) in [5, 5.41) is 8.93. The number of aliphatic hydroxyl groups excluding tert-OH is 1. The van der Waals surface area contributed by atoms with Crippen molar-refractivity contribution in [3.8, 4) is 0 Å². The topological polar surface area (TPSA) is 70.8 Å². The minimum atomic E-state index is -3.54. The molecule has 0 aliphatic heterocycles. The zero-order valence-corrected chi connectivity index (χ0v) is 11.4. The molecule has 0 fully saturated rings. The highest BCUT2D eigenvalue weighted by Gasteiger charge is 2.28. The van der Waals surface area contributed by atoms with Crippen LogP contribution < -0.4 is 0 Å². The first-order chi connectivity index (χ1) is 7.84. The van der Waals surface area contributed by atoms with Gasteiger partial charge in [0.1, 0.15) is 23.0 Å². The molecule has 5 nitrogen and oxygen atoms in total. The number of sulfonamides is 1. The van der Waals surface area contributed by atoms with E-state index in [1.54, 1.807) is 14.0 Å². The van der Waals surface area contributed by atoms with Crippen LogP contribution in [0, 0.1) is 6.92 Å². The lowest BCUT2D eigenvalue weighted by Crippen LogP contribution is -2.34. The number of rotatable bonds is 5. The Hall–Kier alpha value is -0.850. The Morgan fingerprint density at radius 1 is 1.53 bits per heavy atom. The molecule has 0 aliphatic rings. The SMILES string of the molecule is CCC(C)N(C)S(=O)(=O)c1cc(CO)oc1C. The molecule has 17 heavy (non-hydrogen) atoms. The van der Waals surface area contributed by atoms with Crippen molar-refractivity contribution in [2.45, 2.75) is 44.7 Å². The molecule has 1 atom stereocenters. The maximum Gasteiger partial charge on any atom is 0.246 e. The van der Waals surface area contributed by atoms with Crippen LogP contribution in [0.15, 0.2) is 15.4 Å². The molecule has 0 radical (unpaired) electrons. The van der Waals surface area contributed by atoms with Gasteiger partial charge in [0.2, 0.25) is 10.0 Å². The van der Waals surface area contributed by atoms with Gasteiger partial charge in [-0.15, -0.1) is 0 Å². The first kappa shape index (κ1) is 14.2. The number of aliphatic hydroxyl groups is 1. The Labute approximate surface area is 102 Å². The van der Waals surface area contributed by atoms with E-state index in [0.717, 1.165) is 6.42 Å². The van der Waals surface area contributed by atoms with Gasteiger partial charge in [0.05, 0.1) is 0 Å². The van der Waals surface area contributed by atoms with Gasteiger partial charge < -0.3 is 9.52 Å². The Kier molecular flexibility index (Phi) is 4.35. The molecular formula is C11H19NO4S. The summed E-state index contributed by atoms with van der Waals surface area (Å²) >= 11 is 0. The van der Waals surface area contributed by atoms with Crippen LogP contribution >= 0.6 is 0 Å². The van der Waals surface area contributed by atoms with E-state index >= 15 is 0 Å². The predicted octanol–water partition coefficient (Wildman–Crippen LogP) is 1.50. The number of furan rings is 1. The van der Waals surface area contributed by atoms with Gasteiger partial charge in [0.25, 0.3) is 0 Å². The molecule has 0 aliphatic carbocycles. The number of aryl methyl sites for hydroxylation is 1. The largest absolute Gasteiger partial charge is 0.462 e. The zero-order chi connectivity index (χ0) is 13.2. The van der Waals surface area contributed by atoms with Crippen LogP contribution in [0.1, 0.15) is 31.8 Å². The summed E-state index contributed by atoms with van der Waals surface area (Å²) in [6.07, 6.45) is 0.736. The third-order valence-corrected chi connectivity index (χ3v) is 5.03.